The molecule has 0 spiro atoms. The van der Waals surface area contributed by atoms with Crippen molar-refractivity contribution in [1.29, 1.82) is 0 Å². The number of rotatable bonds is 20. The van der Waals surface area contributed by atoms with Crippen molar-refractivity contribution in [3.8, 4) is 17.1 Å². The van der Waals surface area contributed by atoms with Gasteiger partial charge in [-0.3, -0.25) is 24.1 Å². The Balaban J connectivity index is 1.25. The zero-order valence-corrected chi connectivity index (χ0v) is 26.2. The standard InChI is InChI=1S/C35H46N4O6/c1-2-3-4-8-14-30(24-39(27-40)44-25-28-12-6-5-7-13-28)34(41)36-26-37-35(42)33-18-17-32(45-33)29-15-11-16-31(23-29)43-22-21-38-19-9-10-20-38/h5-7,11-13,15-18,23,27,30H,2-4,8-10,14,19-22,24-26H2,1H3,(H,36,41)(H,37,42)/t30-/m1/s1. The first kappa shape index (κ1) is 33.7. The second-order valence-corrected chi connectivity index (χ2v) is 11.3. The highest BCUT2D eigenvalue weighted by molar-refractivity contribution is 5.92. The Labute approximate surface area is 266 Å². The molecule has 2 aromatic carbocycles. The second kappa shape index (κ2) is 18.6. The molecule has 2 N–H and O–H groups in total. The predicted octanol–water partition coefficient (Wildman–Crippen LogP) is 5.40. The Morgan fingerprint density at radius 2 is 1.82 bits per heavy atom. The number of nitrogens with zero attached hydrogens (tertiary/aromatic N) is 2. The van der Waals surface area contributed by atoms with Crippen molar-refractivity contribution in [3.63, 3.8) is 0 Å². The highest BCUT2D eigenvalue weighted by Crippen LogP contribution is 2.26. The molecule has 1 fully saturated rings. The zero-order chi connectivity index (χ0) is 31.7. The molecule has 0 aliphatic carbocycles. The summed E-state index contributed by atoms with van der Waals surface area (Å²) in [5.74, 6) is 0.241. The van der Waals surface area contributed by atoms with Gasteiger partial charge in [0.2, 0.25) is 12.3 Å². The number of hydrogen-bond acceptors (Lipinski definition) is 7. The van der Waals surface area contributed by atoms with Crippen LogP contribution >= 0.6 is 0 Å². The molecule has 0 unspecified atom stereocenters. The van der Waals surface area contributed by atoms with Crippen molar-refractivity contribution in [3.05, 3.63) is 78.1 Å². The number of amides is 3. The van der Waals surface area contributed by atoms with Gasteiger partial charge in [0.25, 0.3) is 5.91 Å². The van der Waals surface area contributed by atoms with Crippen LogP contribution in [0.1, 0.15) is 68.0 Å². The van der Waals surface area contributed by atoms with Crippen molar-refractivity contribution >= 4 is 18.2 Å². The van der Waals surface area contributed by atoms with Crippen LogP contribution in [0.3, 0.4) is 0 Å². The van der Waals surface area contributed by atoms with E-state index in [1.807, 2.05) is 54.6 Å². The average Bonchev–Trinajstić information content (AvgIpc) is 3.78. The van der Waals surface area contributed by atoms with E-state index in [2.05, 4.69) is 22.5 Å². The maximum atomic E-state index is 13.1. The maximum Gasteiger partial charge on any atom is 0.288 e. The smallest absolute Gasteiger partial charge is 0.288 e. The lowest BCUT2D eigenvalue weighted by Gasteiger charge is -2.23. The molecule has 2 heterocycles. The van der Waals surface area contributed by atoms with E-state index in [-0.39, 0.29) is 31.5 Å². The molecule has 0 saturated carbocycles. The molecule has 0 radical (unpaired) electrons. The van der Waals surface area contributed by atoms with Gasteiger partial charge in [-0.1, -0.05) is 75.1 Å². The van der Waals surface area contributed by atoms with E-state index in [4.69, 9.17) is 14.0 Å². The van der Waals surface area contributed by atoms with E-state index in [9.17, 15) is 14.4 Å². The highest BCUT2D eigenvalue weighted by atomic mass is 16.7. The van der Waals surface area contributed by atoms with Gasteiger partial charge in [-0.2, -0.15) is 0 Å². The topological polar surface area (TPSA) is 113 Å². The van der Waals surface area contributed by atoms with Crippen LogP contribution in [0.25, 0.3) is 11.3 Å². The van der Waals surface area contributed by atoms with E-state index >= 15 is 0 Å². The van der Waals surface area contributed by atoms with E-state index < -0.39 is 11.8 Å². The molecular weight excluding hydrogens is 572 g/mol. The second-order valence-electron chi connectivity index (χ2n) is 11.3. The lowest BCUT2D eigenvalue weighted by molar-refractivity contribution is -0.182. The van der Waals surface area contributed by atoms with Crippen LogP contribution < -0.4 is 15.4 Å². The Morgan fingerprint density at radius 3 is 2.60 bits per heavy atom. The van der Waals surface area contributed by atoms with Gasteiger partial charge in [0.05, 0.1) is 19.1 Å². The van der Waals surface area contributed by atoms with Gasteiger partial charge in [-0.15, -0.1) is 0 Å². The quantitative estimate of drug-likeness (QED) is 0.0755. The van der Waals surface area contributed by atoms with Crippen molar-refractivity contribution in [1.82, 2.24) is 20.6 Å². The van der Waals surface area contributed by atoms with Crippen molar-refractivity contribution in [2.75, 3.05) is 39.5 Å². The number of furan rings is 1. The lowest BCUT2D eigenvalue weighted by Crippen LogP contribution is -2.43. The number of likely N-dealkylation sites (tertiary alicyclic amines) is 1. The minimum absolute atomic E-state index is 0.0779. The molecule has 4 rings (SSSR count). The summed E-state index contributed by atoms with van der Waals surface area (Å²) in [7, 11) is 0. The molecule has 1 atom stereocenters. The number of ether oxygens (including phenoxy) is 1. The van der Waals surface area contributed by atoms with Crippen LogP contribution in [0, 0.1) is 5.92 Å². The number of carbonyl (C=O) groups is 3. The number of unbranched alkanes of at least 4 members (excludes halogenated alkanes) is 3. The van der Waals surface area contributed by atoms with Crippen LogP contribution in [0.15, 0.2) is 71.1 Å². The molecule has 3 aromatic rings. The summed E-state index contributed by atoms with van der Waals surface area (Å²) in [6, 6.07) is 20.5. The Morgan fingerprint density at radius 1 is 1.00 bits per heavy atom. The van der Waals surface area contributed by atoms with Crippen LogP contribution in [-0.4, -0.2) is 67.6 Å². The molecule has 10 heteroatoms. The average molecular weight is 619 g/mol. The Kier molecular flexibility index (Phi) is 14.0. The summed E-state index contributed by atoms with van der Waals surface area (Å²) in [6.45, 7) is 6.18. The molecule has 0 bridgehead atoms. The number of hydrogen-bond donors (Lipinski definition) is 2. The first-order valence-electron chi connectivity index (χ1n) is 16.1. The summed E-state index contributed by atoms with van der Waals surface area (Å²) >= 11 is 0. The third-order valence-corrected chi connectivity index (χ3v) is 7.87. The minimum Gasteiger partial charge on any atom is -0.492 e. The van der Waals surface area contributed by atoms with E-state index in [0.717, 1.165) is 62.2 Å². The number of nitrogens with one attached hydrogen (secondary N) is 2. The zero-order valence-electron chi connectivity index (χ0n) is 26.2. The highest BCUT2D eigenvalue weighted by Gasteiger charge is 2.22. The molecule has 1 aliphatic rings. The third kappa shape index (κ3) is 11.4. The van der Waals surface area contributed by atoms with Gasteiger partial charge in [-0.25, -0.2) is 5.06 Å². The number of benzene rings is 2. The molecular formula is C35H46N4O6. The van der Waals surface area contributed by atoms with E-state index in [1.165, 1.54) is 17.9 Å². The van der Waals surface area contributed by atoms with Crippen molar-refractivity contribution in [2.45, 2.75) is 58.5 Å². The molecule has 45 heavy (non-hydrogen) atoms. The van der Waals surface area contributed by atoms with Crippen molar-refractivity contribution < 1.29 is 28.4 Å². The van der Waals surface area contributed by atoms with Gasteiger partial charge in [0.1, 0.15) is 24.7 Å². The van der Waals surface area contributed by atoms with Gasteiger partial charge in [0.15, 0.2) is 5.76 Å². The summed E-state index contributed by atoms with van der Waals surface area (Å²) in [5, 5.41) is 6.65. The molecule has 3 amide bonds. The summed E-state index contributed by atoms with van der Waals surface area (Å²) < 4.78 is 11.8. The Hall–Kier alpha value is -4.15. The Bertz CT molecular complexity index is 1320. The third-order valence-electron chi connectivity index (χ3n) is 7.87. The van der Waals surface area contributed by atoms with Gasteiger partial charge >= 0.3 is 0 Å². The van der Waals surface area contributed by atoms with Crippen molar-refractivity contribution in [2.24, 2.45) is 5.92 Å². The fourth-order valence-corrected chi connectivity index (χ4v) is 5.29. The van der Waals surface area contributed by atoms with Crippen LogP contribution in [0.4, 0.5) is 0 Å². The number of carbonyl (C=O) groups excluding carboxylic acids is 3. The first-order valence-corrected chi connectivity index (χ1v) is 16.1. The summed E-state index contributed by atoms with van der Waals surface area (Å²) in [4.78, 5) is 45.7. The van der Waals surface area contributed by atoms with E-state index in [0.29, 0.717) is 25.2 Å². The monoisotopic (exact) mass is 618 g/mol. The summed E-state index contributed by atoms with van der Waals surface area (Å²) in [6.07, 6.45) is 7.70. The first-order chi connectivity index (χ1) is 22.1. The van der Waals surface area contributed by atoms with Crippen LogP contribution in [0.2, 0.25) is 0 Å². The normalized spacial score (nSPS) is 13.7. The number of hydroxylamine groups is 2. The van der Waals surface area contributed by atoms with Gasteiger partial charge in [0, 0.05) is 12.1 Å². The van der Waals surface area contributed by atoms with E-state index in [1.54, 1.807) is 12.1 Å². The van der Waals surface area contributed by atoms with Gasteiger partial charge < -0.3 is 19.8 Å². The van der Waals surface area contributed by atoms with Gasteiger partial charge in [-0.05, 0) is 62.2 Å². The molecule has 1 saturated heterocycles. The molecule has 10 nitrogen and oxygen atoms in total. The van der Waals surface area contributed by atoms with Crippen LogP contribution in [-0.2, 0) is 21.0 Å². The summed E-state index contributed by atoms with van der Waals surface area (Å²) in [5.41, 5.74) is 1.73. The minimum atomic E-state index is -0.486. The predicted molar refractivity (Wildman–Crippen MR) is 172 cm³/mol. The molecule has 1 aromatic heterocycles. The largest absolute Gasteiger partial charge is 0.492 e. The maximum absolute atomic E-state index is 13.1. The molecule has 1 aliphatic heterocycles. The fraction of sp³-hybridized carbons (Fsp3) is 0.457. The van der Waals surface area contributed by atoms with Crippen LogP contribution in [0.5, 0.6) is 5.75 Å². The lowest BCUT2D eigenvalue weighted by atomic mass is 9.99. The molecule has 242 valence electrons. The SMILES string of the molecule is CCCCCC[C@H](CN(C=O)OCc1ccccc1)C(=O)NCNC(=O)c1ccc(-c2cccc(OCCN3CCCC3)c2)o1. The fourth-order valence-electron chi connectivity index (χ4n) is 5.29.